The Morgan fingerprint density at radius 1 is 1.26 bits per heavy atom. The largest absolute Gasteiger partial charge is 0.365 e. The van der Waals surface area contributed by atoms with E-state index in [2.05, 4.69) is 0 Å². The van der Waals surface area contributed by atoms with Crippen molar-refractivity contribution in [2.75, 3.05) is 0 Å². The predicted octanol–water partition coefficient (Wildman–Crippen LogP) is 3.46. The minimum atomic E-state index is -0.719. The van der Waals surface area contributed by atoms with Crippen LogP contribution in [0.2, 0.25) is 5.02 Å². The number of nitrogens with zero attached hydrogens (tertiary/aromatic N) is 1. The quantitative estimate of drug-likeness (QED) is 0.694. The second kappa shape index (κ2) is 5.70. The Hall–Kier alpha value is -2.09. The van der Waals surface area contributed by atoms with Gasteiger partial charge in [-0.2, -0.15) is 5.26 Å². The highest BCUT2D eigenvalue weighted by Crippen LogP contribution is 2.30. The zero-order valence-electron chi connectivity index (χ0n) is 9.76. The Balaban J connectivity index is 2.32. The molecule has 0 saturated heterocycles. The highest BCUT2D eigenvalue weighted by atomic mass is 35.5. The van der Waals surface area contributed by atoms with Crippen LogP contribution >= 0.6 is 22.9 Å². The summed E-state index contributed by atoms with van der Waals surface area (Å²) in [4.78, 5) is 12.8. The molecule has 1 heterocycles. The van der Waals surface area contributed by atoms with Gasteiger partial charge in [0, 0.05) is 14.8 Å². The standard InChI is InChI=1S/C14H9ClN2OS/c15-11-3-1-9(2-4-11)13-6-5-12(19-13)7-10(8-16)14(17)18/h1-7H,(H2,17,18). The summed E-state index contributed by atoms with van der Waals surface area (Å²) in [5, 5.41) is 9.46. The molecule has 0 atom stereocenters. The van der Waals surface area contributed by atoms with Crippen molar-refractivity contribution >= 4 is 34.9 Å². The summed E-state index contributed by atoms with van der Waals surface area (Å²) in [6, 6.07) is 13.0. The number of nitriles is 1. The molecule has 5 heteroatoms. The molecular formula is C14H9ClN2OS. The number of carbonyl (C=O) groups excluding carboxylic acids is 1. The maximum atomic E-state index is 11.0. The minimum absolute atomic E-state index is 0.0514. The number of nitrogens with two attached hydrogens (primary N) is 1. The van der Waals surface area contributed by atoms with Gasteiger partial charge in [-0.15, -0.1) is 11.3 Å². The first kappa shape index (κ1) is 13.3. The Morgan fingerprint density at radius 3 is 2.53 bits per heavy atom. The molecule has 2 rings (SSSR count). The lowest BCUT2D eigenvalue weighted by molar-refractivity contribution is -0.114. The number of benzene rings is 1. The van der Waals surface area contributed by atoms with E-state index in [1.165, 1.54) is 17.4 Å². The summed E-state index contributed by atoms with van der Waals surface area (Å²) in [5.41, 5.74) is 6.07. The minimum Gasteiger partial charge on any atom is -0.365 e. The fourth-order valence-electron chi connectivity index (χ4n) is 1.50. The lowest BCUT2D eigenvalue weighted by Crippen LogP contribution is -2.12. The lowest BCUT2D eigenvalue weighted by Gasteiger charge is -1.96. The number of primary amides is 1. The summed E-state index contributed by atoms with van der Waals surface area (Å²) in [5.74, 6) is -0.719. The maximum Gasteiger partial charge on any atom is 0.259 e. The van der Waals surface area contributed by atoms with Gasteiger partial charge in [0.2, 0.25) is 0 Å². The molecule has 0 aliphatic heterocycles. The van der Waals surface area contributed by atoms with E-state index in [0.717, 1.165) is 15.3 Å². The number of rotatable bonds is 3. The molecular weight excluding hydrogens is 280 g/mol. The van der Waals surface area contributed by atoms with Crippen molar-refractivity contribution in [1.29, 1.82) is 5.26 Å². The van der Waals surface area contributed by atoms with Crippen LogP contribution < -0.4 is 5.73 Å². The fraction of sp³-hybridized carbons (Fsp3) is 0. The Morgan fingerprint density at radius 2 is 1.95 bits per heavy atom. The van der Waals surface area contributed by atoms with Crippen LogP contribution in [0.5, 0.6) is 0 Å². The number of hydrogen-bond donors (Lipinski definition) is 1. The van der Waals surface area contributed by atoms with Crippen LogP contribution in [0.4, 0.5) is 0 Å². The number of hydrogen-bond acceptors (Lipinski definition) is 3. The van der Waals surface area contributed by atoms with Crippen molar-refractivity contribution in [3.63, 3.8) is 0 Å². The first-order chi connectivity index (χ1) is 9.10. The lowest BCUT2D eigenvalue weighted by atomic mass is 10.2. The average Bonchev–Trinajstić information content (AvgIpc) is 2.85. The van der Waals surface area contributed by atoms with Crippen molar-refractivity contribution in [2.45, 2.75) is 0 Å². The van der Waals surface area contributed by atoms with Gasteiger partial charge in [-0.25, -0.2) is 0 Å². The summed E-state index contributed by atoms with van der Waals surface area (Å²) in [7, 11) is 0. The third kappa shape index (κ3) is 3.22. The van der Waals surface area contributed by atoms with E-state index in [9.17, 15) is 4.79 Å². The zero-order valence-corrected chi connectivity index (χ0v) is 11.3. The monoisotopic (exact) mass is 288 g/mol. The van der Waals surface area contributed by atoms with Crippen LogP contribution in [0.3, 0.4) is 0 Å². The third-order valence-corrected chi connectivity index (χ3v) is 3.76. The molecule has 0 unspecified atom stereocenters. The van der Waals surface area contributed by atoms with Gasteiger partial charge >= 0.3 is 0 Å². The van der Waals surface area contributed by atoms with Crippen molar-refractivity contribution in [2.24, 2.45) is 5.73 Å². The molecule has 0 saturated carbocycles. The second-order valence-electron chi connectivity index (χ2n) is 3.74. The summed E-state index contributed by atoms with van der Waals surface area (Å²) >= 11 is 7.31. The summed E-state index contributed by atoms with van der Waals surface area (Å²) in [6.07, 6.45) is 1.49. The topological polar surface area (TPSA) is 66.9 Å². The molecule has 0 aliphatic rings. The molecule has 0 radical (unpaired) electrons. The van der Waals surface area contributed by atoms with Crippen LogP contribution in [-0.4, -0.2) is 5.91 Å². The van der Waals surface area contributed by atoms with E-state index < -0.39 is 5.91 Å². The van der Waals surface area contributed by atoms with Crippen molar-refractivity contribution in [1.82, 2.24) is 0 Å². The molecule has 0 aliphatic carbocycles. The molecule has 0 bridgehead atoms. The van der Waals surface area contributed by atoms with Crippen LogP contribution in [0.1, 0.15) is 4.88 Å². The van der Waals surface area contributed by atoms with E-state index in [1.54, 1.807) is 6.07 Å². The van der Waals surface area contributed by atoms with Gasteiger partial charge in [0.25, 0.3) is 5.91 Å². The molecule has 1 aromatic carbocycles. The molecule has 1 amide bonds. The van der Waals surface area contributed by atoms with E-state index in [4.69, 9.17) is 22.6 Å². The van der Waals surface area contributed by atoms with Crippen LogP contribution in [0.15, 0.2) is 42.0 Å². The number of thiophene rings is 1. The zero-order chi connectivity index (χ0) is 13.8. The van der Waals surface area contributed by atoms with E-state index in [0.29, 0.717) is 5.02 Å². The van der Waals surface area contributed by atoms with Crippen LogP contribution in [0.25, 0.3) is 16.5 Å². The molecule has 0 fully saturated rings. The van der Waals surface area contributed by atoms with Gasteiger partial charge in [-0.05, 0) is 35.9 Å². The number of carbonyl (C=O) groups is 1. The van der Waals surface area contributed by atoms with Gasteiger partial charge in [-0.1, -0.05) is 23.7 Å². The SMILES string of the molecule is N#CC(=Cc1ccc(-c2ccc(Cl)cc2)s1)C(N)=O. The number of amides is 1. The normalized spacial score (nSPS) is 11.1. The molecule has 94 valence electrons. The average molecular weight is 289 g/mol. The van der Waals surface area contributed by atoms with E-state index in [1.807, 2.05) is 36.4 Å². The van der Waals surface area contributed by atoms with Crippen molar-refractivity contribution < 1.29 is 4.79 Å². The number of halogens is 1. The third-order valence-electron chi connectivity index (χ3n) is 2.43. The fourth-order valence-corrected chi connectivity index (χ4v) is 2.58. The smallest absolute Gasteiger partial charge is 0.259 e. The van der Waals surface area contributed by atoms with Gasteiger partial charge in [0.05, 0.1) is 0 Å². The molecule has 2 aromatic rings. The maximum absolute atomic E-state index is 11.0. The Labute approximate surface area is 119 Å². The second-order valence-corrected chi connectivity index (χ2v) is 5.29. The Bertz CT molecular complexity index is 680. The summed E-state index contributed by atoms with van der Waals surface area (Å²) in [6.45, 7) is 0. The van der Waals surface area contributed by atoms with Crippen LogP contribution in [0, 0.1) is 11.3 Å². The predicted molar refractivity (Wildman–Crippen MR) is 77.5 cm³/mol. The molecule has 1 aromatic heterocycles. The van der Waals surface area contributed by atoms with Crippen molar-refractivity contribution in [3.05, 3.63) is 51.9 Å². The van der Waals surface area contributed by atoms with Crippen LogP contribution in [-0.2, 0) is 4.79 Å². The van der Waals surface area contributed by atoms with Crippen molar-refractivity contribution in [3.8, 4) is 16.5 Å². The first-order valence-corrected chi connectivity index (χ1v) is 6.57. The molecule has 0 spiro atoms. The molecule has 2 N–H and O–H groups in total. The highest BCUT2D eigenvalue weighted by Gasteiger charge is 2.06. The molecule has 3 nitrogen and oxygen atoms in total. The van der Waals surface area contributed by atoms with Gasteiger partial charge < -0.3 is 5.73 Å². The van der Waals surface area contributed by atoms with Gasteiger partial charge in [0.1, 0.15) is 11.6 Å². The van der Waals surface area contributed by atoms with Gasteiger partial charge in [0.15, 0.2) is 0 Å². The Kier molecular flexibility index (Phi) is 4.00. The first-order valence-electron chi connectivity index (χ1n) is 5.37. The van der Waals surface area contributed by atoms with E-state index in [-0.39, 0.29) is 5.57 Å². The molecule has 19 heavy (non-hydrogen) atoms. The summed E-state index contributed by atoms with van der Waals surface area (Å²) < 4.78 is 0. The van der Waals surface area contributed by atoms with Gasteiger partial charge in [-0.3, -0.25) is 4.79 Å². The highest BCUT2D eigenvalue weighted by molar-refractivity contribution is 7.16. The van der Waals surface area contributed by atoms with E-state index >= 15 is 0 Å².